The van der Waals surface area contributed by atoms with Gasteiger partial charge in [-0.2, -0.15) is 0 Å². The van der Waals surface area contributed by atoms with E-state index in [1.54, 1.807) is 51.2 Å². The summed E-state index contributed by atoms with van der Waals surface area (Å²) in [5.41, 5.74) is 0.659. The highest BCUT2D eigenvalue weighted by molar-refractivity contribution is 5.78. The molecule has 0 saturated heterocycles. The van der Waals surface area contributed by atoms with Gasteiger partial charge in [-0.15, -0.1) is 0 Å². The summed E-state index contributed by atoms with van der Waals surface area (Å²) >= 11 is 0. The molecule has 0 aliphatic carbocycles. The molecule has 0 aliphatic rings. The number of amides is 1. The van der Waals surface area contributed by atoms with Crippen molar-refractivity contribution in [3.05, 3.63) is 53.7 Å². The topological polar surface area (TPSA) is 97.8 Å². The molecule has 144 valence electrons. The minimum atomic E-state index is -0.602. The van der Waals surface area contributed by atoms with E-state index >= 15 is 0 Å². The quantitative estimate of drug-likeness (QED) is 0.725. The van der Waals surface area contributed by atoms with Crippen molar-refractivity contribution in [3.8, 4) is 11.6 Å². The second kappa shape index (κ2) is 9.14. The summed E-state index contributed by atoms with van der Waals surface area (Å²) in [7, 11) is 0. The Bertz CT molecular complexity index is 769. The van der Waals surface area contributed by atoms with Gasteiger partial charge in [-0.05, 0) is 57.0 Å². The van der Waals surface area contributed by atoms with E-state index in [4.69, 9.17) is 9.47 Å². The largest absolute Gasteiger partial charge is 0.444 e. The zero-order valence-electron chi connectivity index (χ0n) is 15.6. The molecule has 0 bridgehead atoms. The molecule has 0 spiro atoms. The lowest BCUT2D eigenvalue weighted by atomic mass is 10.1. The number of aliphatic hydroxyl groups excluding tert-OH is 1. The van der Waals surface area contributed by atoms with Crippen molar-refractivity contribution in [2.75, 3.05) is 6.61 Å². The van der Waals surface area contributed by atoms with E-state index in [2.05, 4.69) is 10.3 Å². The van der Waals surface area contributed by atoms with Crippen LogP contribution in [0.3, 0.4) is 0 Å². The fraction of sp³-hybridized carbons (Fsp3) is 0.350. The van der Waals surface area contributed by atoms with Crippen molar-refractivity contribution in [2.24, 2.45) is 0 Å². The Labute approximate surface area is 158 Å². The molecule has 1 aromatic heterocycles. The highest BCUT2D eigenvalue weighted by Crippen LogP contribution is 2.22. The van der Waals surface area contributed by atoms with Crippen molar-refractivity contribution in [1.29, 1.82) is 0 Å². The second-order valence-corrected chi connectivity index (χ2v) is 6.99. The van der Waals surface area contributed by atoms with Crippen LogP contribution in [0.1, 0.15) is 36.7 Å². The molecule has 1 atom stereocenters. The van der Waals surface area contributed by atoms with E-state index in [0.29, 0.717) is 24.0 Å². The van der Waals surface area contributed by atoms with E-state index < -0.39 is 17.7 Å². The highest BCUT2D eigenvalue weighted by Gasteiger charge is 2.19. The lowest BCUT2D eigenvalue weighted by molar-refractivity contribution is 0.0482. The fourth-order valence-electron chi connectivity index (χ4n) is 2.30. The summed E-state index contributed by atoms with van der Waals surface area (Å²) in [4.78, 5) is 26.9. The van der Waals surface area contributed by atoms with Crippen LogP contribution in [-0.2, 0) is 11.2 Å². The van der Waals surface area contributed by atoms with Gasteiger partial charge in [0.1, 0.15) is 11.4 Å². The number of ether oxygens (including phenoxy) is 2. The predicted molar refractivity (Wildman–Crippen MR) is 100 cm³/mol. The molecule has 1 aromatic carbocycles. The maximum Gasteiger partial charge on any atom is 0.407 e. The number of aldehydes is 1. The van der Waals surface area contributed by atoms with Crippen LogP contribution < -0.4 is 10.1 Å². The molecular formula is C20H24N2O5. The molecule has 7 heteroatoms. The number of nitrogens with one attached hydrogen (secondary N) is 1. The average molecular weight is 372 g/mol. The summed E-state index contributed by atoms with van der Waals surface area (Å²) in [5.74, 6) is 0.765. The predicted octanol–water partition coefficient (Wildman–Crippen LogP) is 3.11. The normalized spacial score (nSPS) is 12.1. The number of pyridine rings is 1. The third-order valence-electron chi connectivity index (χ3n) is 3.49. The maximum absolute atomic E-state index is 11.8. The Morgan fingerprint density at radius 2 is 1.96 bits per heavy atom. The van der Waals surface area contributed by atoms with Crippen LogP contribution in [0.15, 0.2) is 42.6 Å². The zero-order chi connectivity index (χ0) is 19.9. The van der Waals surface area contributed by atoms with Crippen LogP contribution in [0.5, 0.6) is 11.6 Å². The average Bonchev–Trinajstić information content (AvgIpc) is 2.61. The Kier molecular flexibility index (Phi) is 6.90. The molecule has 27 heavy (non-hydrogen) atoms. The monoisotopic (exact) mass is 372 g/mol. The van der Waals surface area contributed by atoms with Gasteiger partial charge < -0.3 is 19.9 Å². The third kappa shape index (κ3) is 6.71. The first-order chi connectivity index (χ1) is 12.8. The Morgan fingerprint density at radius 1 is 1.26 bits per heavy atom. The number of rotatable bonds is 7. The molecule has 2 aromatic rings. The molecule has 2 rings (SSSR count). The summed E-state index contributed by atoms with van der Waals surface area (Å²) in [6.45, 7) is 5.11. The van der Waals surface area contributed by atoms with Gasteiger partial charge in [-0.25, -0.2) is 9.78 Å². The lowest BCUT2D eigenvalue weighted by Crippen LogP contribution is -2.42. The van der Waals surface area contributed by atoms with Crippen LogP contribution >= 0.6 is 0 Å². The summed E-state index contributed by atoms with van der Waals surface area (Å²) in [6, 6.07) is 9.92. The first-order valence-electron chi connectivity index (χ1n) is 8.58. The van der Waals surface area contributed by atoms with E-state index in [-0.39, 0.29) is 12.5 Å². The number of hydrogen-bond acceptors (Lipinski definition) is 6. The van der Waals surface area contributed by atoms with Crippen LogP contribution in [0.2, 0.25) is 0 Å². The Hall–Kier alpha value is -2.93. The maximum atomic E-state index is 11.8. The number of carbonyl (C=O) groups excluding carboxylic acids is 2. The van der Waals surface area contributed by atoms with Gasteiger partial charge in [0.2, 0.25) is 5.88 Å². The van der Waals surface area contributed by atoms with Gasteiger partial charge in [0.25, 0.3) is 0 Å². The fourth-order valence-corrected chi connectivity index (χ4v) is 2.30. The van der Waals surface area contributed by atoms with Gasteiger partial charge in [-0.3, -0.25) is 4.79 Å². The lowest BCUT2D eigenvalue weighted by Gasteiger charge is -2.22. The molecule has 0 aliphatic heterocycles. The van der Waals surface area contributed by atoms with E-state index in [1.165, 1.54) is 0 Å². The van der Waals surface area contributed by atoms with Crippen molar-refractivity contribution in [1.82, 2.24) is 10.3 Å². The Morgan fingerprint density at radius 3 is 2.56 bits per heavy atom. The molecule has 0 radical (unpaired) electrons. The van der Waals surface area contributed by atoms with Crippen LogP contribution in [-0.4, -0.2) is 40.7 Å². The summed E-state index contributed by atoms with van der Waals surface area (Å²) in [6.07, 6.45) is 2.09. The van der Waals surface area contributed by atoms with E-state index in [1.807, 2.05) is 12.1 Å². The van der Waals surface area contributed by atoms with Gasteiger partial charge in [0, 0.05) is 6.20 Å². The highest BCUT2D eigenvalue weighted by atomic mass is 16.6. The first kappa shape index (κ1) is 20.4. The number of alkyl carbamates (subject to hydrolysis) is 1. The molecule has 1 amide bonds. The summed E-state index contributed by atoms with van der Waals surface area (Å²) < 4.78 is 10.8. The number of aliphatic hydroxyl groups is 1. The standard InChI is InChI=1S/C20H24N2O5/c1-20(2,3)27-19(25)22-16(13-24)11-14-6-8-17(9-7-14)26-18-15(12-23)5-4-10-21-18/h4-10,12,16,24H,11,13H2,1-3H3,(H,22,25). The third-order valence-corrected chi connectivity index (χ3v) is 3.49. The van der Waals surface area contributed by atoms with Crippen molar-refractivity contribution < 1.29 is 24.2 Å². The number of nitrogens with zero attached hydrogens (tertiary/aromatic N) is 1. The zero-order valence-corrected chi connectivity index (χ0v) is 15.6. The van der Waals surface area contributed by atoms with Crippen LogP contribution in [0, 0.1) is 0 Å². The molecule has 2 N–H and O–H groups in total. The smallest absolute Gasteiger partial charge is 0.407 e. The SMILES string of the molecule is CC(C)(C)OC(=O)NC(CO)Cc1ccc(Oc2ncccc2C=O)cc1. The van der Waals surface area contributed by atoms with E-state index in [0.717, 1.165) is 5.56 Å². The van der Waals surface area contributed by atoms with Crippen molar-refractivity contribution in [3.63, 3.8) is 0 Å². The minimum Gasteiger partial charge on any atom is -0.444 e. The second-order valence-electron chi connectivity index (χ2n) is 6.99. The number of benzene rings is 1. The molecular weight excluding hydrogens is 348 g/mol. The van der Waals surface area contributed by atoms with Gasteiger partial charge in [-0.1, -0.05) is 12.1 Å². The number of aromatic nitrogens is 1. The number of hydrogen-bond donors (Lipinski definition) is 2. The number of carbonyl (C=O) groups is 2. The first-order valence-corrected chi connectivity index (χ1v) is 8.58. The molecule has 1 unspecified atom stereocenters. The molecule has 0 fully saturated rings. The summed E-state index contributed by atoms with van der Waals surface area (Å²) in [5, 5.41) is 12.2. The van der Waals surface area contributed by atoms with E-state index in [9.17, 15) is 14.7 Å². The molecule has 7 nitrogen and oxygen atoms in total. The van der Waals surface area contributed by atoms with Gasteiger partial charge in [0.15, 0.2) is 6.29 Å². The van der Waals surface area contributed by atoms with Crippen molar-refractivity contribution in [2.45, 2.75) is 38.8 Å². The molecule has 0 saturated carbocycles. The van der Waals surface area contributed by atoms with Gasteiger partial charge in [0.05, 0.1) is 18.2 Å². The van der Waals surface area contributed by atoms with Crippen molar-refractivity contribution >= 4 is 12.4 Å². The minimum absolute atomic E-state index is 0.214. The van der Waals surface area contributed by atoms with Crippen LogP contribution in [0.4, 0.5) is 4.79 Å². The van der Waals surface area contributed by atoms with Crippen LogP contribution in [0.25, 0.3) is 0 Å². The molecule has 1 heterocycles. The Balaban J connectivity index is 1.97. The van der Waals surface area contributed by atoms with Gasteiger partial charge >= 0.3 is 6.09 Å².